The summed E-state index contributed by atoms with van der Waals surface area (Å²) in [5.74, 6) is 0.462. The first-order valence-electron chi connectivity index (χ1n) is 8.01. The molecule has 0 aliphatic rings. The quantitative estimate of drug-likeness (QED) is 0.694. The molecule has 0 aliphatic carbocycles. The van der Waals surface area contributed by atoms with Gasteiger partial charge >= 0.3 is 0 Å². The van der Waals surface area contributed by atoms with E-state index in [9.17, 15) is 9.59 Å². The van der Waals surface area contributed by atoms with Gasteiger partial charge in [-0.15, -0.1) is 0 Å². The summed E-state index contributed by atoms with van der Waals surface area (Å²) >= 11 is 6.03. The number of rotatable bonds is 8. The fourth-order valence-electron chi connectivity index (χ4n) is 2.30. The monoisotopic (exact) mass is 376 g/mol. The highest BCUT2D eigenvalue weighted by molar-refractivity contribution is 6.31. The van der Waals surface area contributed by atoms with Crippen molar-refractivity contribution >= 4 is 23.4 Å². The molecule has 7 heteroatoms. The first-order chi connectivity index (χ1) is 12.5. The number of halogens is 1. The van der Waals surface area contributed by atoms with Crippen LogP contribution in [0.3, 0.4) is 0 Å². The van der Waals surface area contributed by atoms with Crippen molar-refractivity contribution in [3.05, 3.63) is 58.6 Å². The van der Waals surface area contributed by atoms with Gasteiger partial charge in [-0.1, -0.05) is 35.9 Å². The third-order valence-corrected chi connectivity index (χ3v) is 4.06. The summed E-state index contributed by atoms with van der Waals surface area (Å²) in [6.07, 6.45) is -0.252. The molecule has 0 aliphatic heterocycles. The van der Waals surface area contributed by atoms with Crippen LogP contribution in [-0.2, 0) is 22.7 Å². The third-order valence-electron chi connectivity index (χ3n) is 3.69. The summed E-state index contributed by atoms with van der Waals surface area (Å²) in [5.41, 5.74) is 1.64. The smallest absolute Gasteiger partial charge is 0.229 e. The van der Waals surface area contributed by atoms with Crippen molar-refractivity contribution in [1.29, 1.82) is 0 Å². The van der Waals surface area contributed by atoms with Crippen molar-refractivity contribution in [2.45, 2.75) is 19.5 Å². The lowest BCUT2D eigenvalue weighted by Gasteiger charge is -2.10. The first kappa shape index (κ1) is 19.6. The normalized spacial score (nSPS) is 10.1. The molecule has 2 amide bonds. The van der Waals surface area contributed by atoms with Crippen LogP contribution < -0.4 is 20.1 Å². The Labute approximate surface area is 157 Å². The van der Waals surface area contributed by atoms with Gasteiger partial charge in [0.15, 0.2) is 11.5 Å². The van der Waals surface area contributed by atoms with Gasteiger partial charge in [-0.25, -0.2) is 0 Å². The molecule has 0 fully saturated rings. The Morgan fingerprint density at radius 3 is 2.23 bits per heavy atom. The predicted molar refractivity (Wildman–Crippen MR) is 99.3 cm³/mol. The Kier molecular flexibility index (Phi) is 7.29. The van der Waals surface area contributed by atoms with Crippen molar-refractivity contribution in [3.63, 3.8) is 0 Å². The highest BCUT2D eigenvalue weighted by atomic mass is 35.5. The number of methoxy groups -OCH3 is 2. The summed E-state index contributed by atoms with van der Waals surface area (Å²) < 4.78 is 10.4. The second-order valence-corrected chi connectivity index (χ2v) is 5.92. The van der Waals surface area contributed by atoms with Gasteiger partial charge in [0, 0.05) is 18.1 Å². The number of nitrogens with one attached hydrogen (secondary N) is 2. The van der Waals surface area contributed by atoms with Crippen LogP contribution in [-0.4, -0.2) is 26.0 Å². The summed E-state index contributed by atoms with van der Waals surface area (Å²) in [6, 6.07) is 12.6. The number of hydrogen-bond acceptors (Lipinski definition) is 4. The fraction of sp³-hybridized carbons (Fsp3) is 0.263. The SMILES string of the molecule is COc1ccc(CNC(=O)CC(=O)NCc2ccccc2Cl)cc1OC. The van der Waals surface area contributed by atoms with Crippen LogP contribution in [0.2, 0.25) is 5.02 Å². The third kappa shape index (κ3) is 5.67. The van der Waals surface area contributed by atoms with E-state index in [-0.39, 0.29) is 31.3 Å². The Morgan fingerprint density at radius 2 is 1.58 bits per heavy atom. The molecular formula is C19H21ClN2O4. The zero-order chi connectivity index (χ0) is 18.9. The number of amides is 2. The van der Waals surface area contributed by atoms with Crippen molar-refractivity contribution < 1.29 is 19.1 Å². The van der Waals surface area contributed by atoms with Gasteiger partial charge in [-0.3, -0.25) is 9.59 Å². The molecule has 138 valence electrons. The predicted octanol–water partition coefficient (Wildman–Crippen LogP) is 2.68. The molecule has 0 atom stereocenters. The molecule has 0 saturated heterocycles. The van der Waals surface area contributed by atoms with Crippen LogP contribution in [0.25, 0.3) is 0 Å². The molecule has 6 nitrogen and oxygen atoms in total. The zero-order valence-electron chi connectivity index (χ0n) is 14.7. The minimum absolute atomic E-state index is 0.252. The van der Waals surface area contributed by atoms with E-state index in [1.165, 1.54) is 0 Å². The highest BCUT2D eigenvalue weighted by Crippen LogP contribution is 2.27. The number of benzene rings is 2. The Bertz CT molecular complexity index is 780. The lowest BCUT2D eigenvalue weighted by Crippen LogP contribution is -2.31. The molecule has 2 aromatic rings. The molecule has 26 heavy (non-hydrogen) atoms. The summed E-state index contributed by atoms with van der Waals surface area (Å²) in [5, 5.41) is 5.96. The lowest BCUT2D eigenvalue weighted by molar-refractivity contribution is -0.129. The minimum atomic E-state index is -0.366. The van der Waals surface area contributed by atoms with E-state index in [1.54, 1.807) is 32.4 Å². The zero-order valence-corrected chi connectivity index (χ0v) is 15.4. The lowest BCUT2D eigenvalue weighted by atomic mass is 10.2. The standard InChI is InChI=1S/C19H21ClN2O4/c1-25-16-8-7-13(9-17(16)26-2)11-21-18(23)10-19(24)22-12-14-5-3-4-6-15(14)20/h3-9H,10-12H2,1-2H3,(H,21,23)(H,22,24). The number of ether oxygens (including phenoxy) is 2. The Hall–Kier alpha value is -2.73. The first-order valence-corrected chi connectivity index (χ1v) is 8.39. The Morgan fingerprint density at radius 1 is 0.923 bits per heavy atom. The van der Waals surface area contributed by atoms with Gasteiger partial charge in [0.05, 0.1) is 14.2 Å². The largest absolute Gasteiger partial charge is 0.493 e. The van der Waals surface area contributed by atoms with Crippen molar-refractivity contribution in [2.75, 3.05) is 14.2 Å². The van der Waals surface area contributed by atoms with Gasteiger partial charge in [0.25, 0.3) is 0 Å². The number of hydrogen-bond donors (Lipinski definition) is 2. The second kappa shape index (κ2) is 9.68. The maximum atomic E-state index is 11.9. The molecule has 0 aromatic heterocycles. The molecule has 0 radical (unpaired) electrons. The van der Waals surface area contributed by atoms with Crippen LogP contribution in [0.5, 0.6) is 11.5 Å². The molecule has 2 rings (SSSR count). The molecule has 0 saturated carbocycles. The average molecular weight is 377 g/mol. The number of carbonyl (C=O) groups is 2. The van der Waals surface area contributed by atoms with E-state index >= 15 is 0 Å². The summed E-state index contributed by atoms with van der Waals surface area (Å²) in [7, 11) is 3.10. The van der Waals surface area contributed by atoms with Crippen molar-refractivity contribution in [1.82, 2.24) is 10.6 Å². The number of carbonyl (C=O) groups excluding carboxylic acids is 2. The minimum Gasteiger partial charge on any atom is -0.493 e. The molecule has 0 heterocycles. The molecule has 0 bridgehead atoms. The van der Waals surface area contributed by atoms with E-state index < -0.39 is 0 Å². The molecule has 0 unspecified atom stereocenters. The maximum absolute atomic E-state index is 11.9. The summed E-state index contributed by atoms with van der Waals surface area (Å²) in [6.45, 7) is 0.568. The maximum Gasteiger partial charge on any atom is 0.229 e. The fourth-order valence-corrected chi connectivity index (χ4v) is 2.50. The highest BCUT2D eigenvalue weighted by Gasteiger charge is 2.11. The second-order valence-electron chi connectivity index (χ2n) is 5.51. The van der Waals surface area contributed by atoms with Gasteiger partial charge in [-0.05, 0) is 29.3 Å². The van der Waals surface area contributed by atoms with Gasteiger partial charge < -0.3 is 20.1 Å². The van der Waals surface area contributed by atoms with Crippen LogP contribution in [0, 0.1) is 0 Å². The average Bonchev–Trinajstić information content (AvgIpc) is 2.65. The molecule has 2 aromatic carbocycles. The molecule has 2 N–H and O–H groups in total. The summed E-state index contributed by atoms with van der Waals surface area (Å²) in [4.78, 5) is 23.8. The topological polar surface area (TPSA) is 76.7 Å². The van der Waals surface area contributed by atoms with Gasteiger partial charge in [0.2, 0.25) is 11.8 Å². The van der Waals surface area contributed by atoms with Gasteiger partial charge in [0.1, 0.15) is 6.42 Å². The molecular weight excluding hydrogens is 356 g/mol. The van der Waals surface area contributed by atoms with Crippen molar-refractivity contribution in [3.8, 4) is 11.5 Å². The van der Waals surface area contributed by atoms with E-state index in [0.29, 0.717) is 16.5 Å². The van der Waals surface area contributed by atoms with Crippen LogP contribution in [0.4, 0.5) is 0 Å². The van der Waals surface area contributed by atoms with Crippen LogP contribution >= 0.6 is 11.6 Å². The van der Waals surface area contributed by atoms with Crippen molar-refractivity contribution in [2.24, 2.45) is 0 Å². The van der Waals surface area contributed by atoms with Crippen LogP contribution in [0.15, 0.2) is 42.5 Å². The Balaban J connectivity index is 1.79. The van der Waals surface area contributed by atoms with Crippen LogP contribution in [0.1, 0.15) is 17.5 Å². The van der Waals surface area contributed by atoms with E-state index in [4.69, 9.17) is 21.1 Å². The van der Waals surface area contributed by atoms with E-state index in [1.807, 2.05) is 24.3 Å². The van der Waals surface area contributed by atoms with E-state index in [2.05, 4.69) is 10.6 Å². The van der Waals surface area contributed by atoms with E-state index in [0.717, 1.165) is 11.1 Å². The molecule has 0 spiro atoms. The van der Waals surface area contributed by atoms with Gasteiger partial charge in [-0.2, -0.15) is 0 Å².